The molecule has 0 aromatic heterocycles. The predicted octanol–water partition coefficient (Wildman–Crippen LogP) is 2.29. The van der Waals surface area contributed by atoms with E-state index >= 15 is 0 Å². The van der Waals surface area contributed by atoms with Gasteiger partial charge in [-0.1, -0.05) is 12.1 Å². The fourth-order valence-electron chi connectivity index (χ4n) is 2.44. The van der Waals surface area contributed by atoms with Crippen LogP contribution in [0.1, 0.15) is 25.3 Å². The summed E-state index contributed by atoms with van der Waals surface area (Å²) < 4.78 is 5.44. The lowest BCUT2D eigenvalue weighted by Crippen LogP contribution is -2.34. The van der Waals surface area contributed by atoms with E-state index in [0.29, 0.717) is 19.1 Å². The Morgan fingerprint density at radius 2 is 1.89 bits per heavy atom. The highest BCUT2D eigenvalue weighted by Gasteiger charge is 2.18. The Labute approximate surface area is 109 Å². The van der Waals surface area contributed by atoms with Crippen LogP contribution in [0.15, 0.2) is 24.3 Å². The number of ether oxygens (including phenoxy) is 1. The molecule has 0 saturated carbocycles. The summed E-state index contributed by atoms with van der Waals surface area (Å²) in [5.41, 5.74) is 1.33. The number of piperidine rings is 1. The third-order valence-corrected chi connectivity index (χ3v) is 3.61. The average Bonchev–Trinajstić information content (AvgIpc) is 2.42. The van der Waals surface area contributed by atoms with Crippen molar-refractivity contribution in [3.8, 4) is 5.75 Å². The lowest BCUT2D eigenvalue weighted by Gasteiger charge is -2.31. The van der Waals surface area contributed by atoms with Crippen molar-refractivity contribution in [2.24, 2.45) is 5.92 Å². The zero-order chi connectivity index (χ0) is 12.8. The summed E-state index contributed by atoms with van der Waals surface area (Å²) >= 11 is 0. The van der Waals surface area contributed by atoms with Crippen molar-refractivity contribution < 1.29 is 9.84 Å². The zero-order valence-corrected chi connectivity index (χ0v) is 11.1. The van der Waals surface area contributed by atoms with Crippen LogP contribution in [0.25, 0.3) is 0 Å². The summed E-state index contributed by atoms with van der Waals surface area (Å²) in [7, 11) is 0. The van der Waals surface area contributed by atoms with Crippen LogP contribution in [0, 0.1) is 5.92 Å². The smallest absolute Gasteiger partial charge is 0.119 e. The summed E-state index contributed by atoms with van der Waals surface area (Å²) in [6.45, 7) is 6.26. The monoisotopic (exact) mass is 249 g/mol. The Balaban J connectivity index is 1.82. The van der Waals surface area contributed by atoms with Gasteiger partial charge in [-0.3, -0.25) is 4.90 Å². The second kappa shape index (κ2) is 6.76. The maximum absolute atomic E-state index is 9.12. The minimum Gasteiger partial charge on any atom is -0.494 e. The Kier molecular flexibility index (Phi) is 5.02. The number of hydrogen-bond acceptors (Lipinski definition) is 3. The highest BCUT2D eigenvalue weighted by atomic mass is 16.5. The molecule has 1 aliphatic heterocycles. The fourth-order valence-corrected chi connectivity index (χ4v) is 2.44. The van der Waals surface area contributed by atoms with Gasteiger partial charge in [-0.15, -0.1) is 0 Å². The van der Waals surface area contributed by atoms with E-state index in [0.717, 1.165) is 38.2 Å². The minimum absolute atomic E-state index is 0.344. The number of aliphatic hydroxyl groups excluding tert-OH is 1. The van der Waals surface area contributed by atoms with Gasteiger partial charge in [0.25, 0.3) is 0 Å². The molecule has 1 fully saturated rings. The molecule has 1 aromatic carbocycles. The molecular weight excluding hydrogens is 226 g/mol. The van der Waals surface area contributed by atoms with Gasteiger partial charge in [-0.05, 0) is 56.5 Å². The molecule has 100 valence electrons. The van der Waals surface area contributed by atoms with Gasteiger partial charge >= 0.3 is 0 Å². The summed E-state index contributed by atoms with van der Waals surface area (Å²) in [6, 6.07) is 8.37. The average molecular weight is 249 g/mol. The quantitative estimate of drug-likeness (QED) is 0.869. The number of likely N-dealkylation sites (tertiary alicyclic amines) is 1. The molecule has 0 amide bonds. The first-order chi connectivity index (χ1) is 8.81. The Morgan fingerprint density at radius 3 is 2.44 bits per heavy atom. The topological polar surface area (TPSA) is 32.7 Å². The van der Waals surface area contributed by atoms with Crippen molar-refractivity contribution in [1.29, 1.82) is 0 Å². The first kappa shape index (κ1) is 13.4. The molecule has 1 N–H and O–H groups in total. The molecule has 1 saturated heterocycles. The van der Waals surface area contributed by atoms with Crippen LogP contribution in [-0.4, -0.2) is 36.3 Å². The van der Waals surface area contributed by atoms with E-state index in [9.17, 15) is 0 Å². The van der Waals surface area contributed by atoms with Crippen LogP contribution in [0.4, 0.5) is 0 Å². The largest absolute Gasteiger partial charge is 0.494 e. The van der Waals surface area contributed by atoms with Crippen LogP contribution in [0.5, 0.6) is 5.75 Å². The van der Waals surface area contributed by atoms with Crippen molar-refractivity contribution in [2.45, 2.75) is 26.3 Å². The highest BCUT2D eigenvalue weighted by Crippen LogP contribution is 2.19. The van der Waals surface area contributed by atoms with Crippen molar-refractivity contribution in [3.05, 3.63) is 29.8 Å². The lowest BCUT2D eigenvalue weighted by molar-refractivity contribution is 0.127. The molecule has 3 heteroatoms. The van der Waals surface area contributed by atoms with Crippen molar-refractivity contribution >= 4 is 0 Å². The molecular formula is C15H23NO2. The van der Waals surface area contributed by atoms with Crippen molar-refractivity contribution in [3.63, 3.8) is 0 Å². The highest BCUT2D eigenvalue weighted by molar-refractivity contribution is 5.27. The van der Waals surface area contributed by atoms with Crippen LogP contribution in [0.3, 0.4) is 0 Å². The number of nitrogens with zero attached hydrogens (tertiary/aromatic N) is 1. The molecule has 18 heavy (non-hydrogen) atoms. The first-order valence-corrected chi connectivity index (χ1v) is 6.86. The lowest BCUT2D eigenvalue weighted by atomic mass is 9.97. The minimum atomic E-state index is 0.344. The molecule has 2 rings (SSSR count). The fraction of sp³-hybridized carbons (Fsp3) is 0.600. The van der Waals surface area contributed by atoms with E-state index in [1.54, 1.807) is 0 Å². The maximum Gasteiger partial charge on any atom is 0.119 e. The first-order valence-electron chi connectivity index (χ1n) is 6.86. The summed E-state index contributed by atoms with van der Waals surface area (Å²) in [4.78, 5) is 2.46. The predicted molar refractivity (Wildman–Crippen MR) is 72.7 cm³/mol. The Hall–Kier alpha value is -1.06. The van der Waals surface area contributed by atoms with E-state index in [-0.39, 0.29) is 0 Å². The Morgan fingerprint density at radius 1 is 1.22 bits per heavy atom. The van der Waals surface area contributed by atoms with E-state index < -0.39 is 0 Å². The molecule has 1 heterocycles. The number of aliphatic hydroxyl groups is 1. The van der Waals surface area contributed by atoms with E-state index in [4.69, 9.17) is 9.84 Å². The summed E-state index contributed by atoms with van der Waals surface area (Å²) in [5, 5.41) is 9.12. The summed E-state index contributed by atoms with van der Waals surface area (Å²) in [5.74, 6) is 1.46. The second-order valence-corrected chi connectivity index (χ2v) is 4.98. The van der Waals surface area contributed by atoms with Gasteiger partial charge in [0, 0.05) is 13.2 Å². The normalized spacial score (nSPS) is 17.9. The third kappa shape index (κ3) is 3.72. The van der Waals surface area contributed by atoms with E-state index in [1.165, 1.54) is 5.56 Å². The third-order valence-electron chi connectivity index (χ3n) is 3.61. The summed E-state index contributed by atoms with van der Waals surface area (Å²) in [6.07, 6.45) is 2.24. The molecule has 0 aliphatic carbocycles. The van der Waals surface area contributed by atoms with Gasteiger partial charge < -0.3 is 9.84 Å². The van der Waals surface area contributed by atoms with Crippen molar-refractivity contribution in [1.82, 2.24) is 4.90 Å². The van der Waals surface area contributed by atoms with Crippen LogP contribution >= 0.6 is 0 Å². The number of benzene rings is 1. The SMILES string of the molecule is CCOc1ccc(CN2CCC(CO)CC2)cc1. The van der Waals surface area contributed by atoms with E-state index in [2.05, 4.69) is 17.0 Å². The maximum atomic E-state index is 9.12. The number of hydrogen-bond donors (Lipinski definition) is 1. The van der Waals surface area contributed by atoms with Crippen LogP contribution in [0.2, 0.25) is 0 Å². The molecule has 1 aromatic rings. The molecule has 0 radical (unpaired) electrons. The van der Waals surface area contributed by atoms with Gasteiger partial charge in [0.15, 0.2) is 0 Å². The molecule has 3 nitrogen and oxygen atoms in total. The Bertz CT molecular complexity index is 342. The standard InChI is InChI=1S/C15H23NO2/c1-2-18-15-5-3-13(4-6-15)11-16-9-7-14(12-17)8-10-16/h3-6,14,17H,2,7-12H2,1H3. The zero-order valence-electron chi connectivity index (χ0n) is 11.1. The van der Waals surface area contributed by atoms with Gasteiger partial charge in [0.05, 0.1) is 6.61 Å². The van der Waals surface area contributed by atoms with Crippen LogP contribution in [-0.2, 0) is 6.54 Å². The van der Waals surface area contributed by atoms with E-state index in [1.807, 2.05) is 19.1 Å². The van der Waals surface area contributed by atoms with Crippen LogP contribution < -0.4 is 4.74 Å². The molecule has 1 aliphatic rings. The van der Waals surface area contributed by atoms with Gasteiger partial charge in [0.2, 0.25) is 0 Å². The molecule has 0 unspecified atom stereocenters. The molecule has 0 atom stereocenters. The number of rotatable bonds is 5. The molecule has 0 bridgehead atoms. The molecule has 0 spiro atoms. The van der Waals surface area contributed by atoms with Gasteiger partial charge in [0.1, 0.15) is 5.75 Å². The second-order valence-electron chi connectivity index (χ2n) is 4.98. The van der Waals surface area contributed by atoms with Gasteiger partial charge in [-0.25, -0.2) is 0 Å². The van der Waals surface area contributed by atoms with Gasteiger partial charge in [-0.2, -0.15) is 0 Å². The van der Waals surface area contributed by atoms with Crippen molar-refractivity contribution in [2.75, 3.05) is 26.3 Å².